The zero-order valence-electron chi connectivity index (χ0n) is 11.6. The average Bonchev–Trinajstić information content (AvgIpc) is 2.86. The lowest BCUT2D eigenvalue weighted by Gasteiger charge is -1.99. The van der Waals surface area contributed by atoms with E-state index in [1.54, 1.807) is 11.3 Å². The molecule has 2 aromatic heterocycles. The zero-order valence-corrected chi connectivity index (χ0v) is 12.4. The SMILES string of the molecule is CC.CCCc1nc2c(N)nc3ccccc3c2s1. The van der Waals surface area contributed by atoms with Crippen LogP contribution in [0.5, 0.6) is 0 Å². The molecule has 100 valence electrons. The number of thiazole rings is 1. The predicted molar refractivity (Wildman–Crippen MR) is 84.7 cm³/mol. The lowest BCUT2D eigenvalue weighted by atomic mass is 10.2. The topological polar surface area (TPSA) is 51.8 Å². The van der Waals surface area contributed by atoms with Gasteiger partial charge in [0.15, 0.2) is 5.82 Å². The standard InChI is InChI=1S/C13H13N3S.C2H6/c1-2-5-10-16-11-12(17-10)8-6-3-4-7-9(8)15-13(11)14;1-2/h3-4,6-7H,2,5H2,1H3,(H2,14,15);1-2H3. The zero-order chi connectivity index (χ0) is 13.8. The van der Waals surface area contributed by atoms with Crippen LogP contribution in [0.4, 0.5) is 5.82 Å². The van der Waals surface area contributed by atoms with Crippen LogP contribution in [0.1, 0.15) is 32.2 Å². The number of benzene rings is 1. The van der Waals surface area contributed by atoms with Crippen molar-refractivity contribution in [2.24, 2.45) is 0 Å². The molecule has 3 aromatic rings. The number of nitrogen functional groups attached to an aromatic ring is 1. The second-order valence-electron chi connectivity index (χ2n) is 4.05. The number of nitrogens with two attached hydrogens (primary N) is 1. The van der Waals surface area contributed by atoms with Crippen LogP contribution in [0, 0.1) is 0 Å². The van der Waals surface area contributed by atoms with Crippen molar-refractivity contribution in [2.75, 3.05) is 5.73 Å². The molecule has 0 bridgehead atoms. The van der Waals surface area contributed by atoms with Crippen LogP contribution in [-0.2, 0) is 6.42 Å². The summed E-state index contributed by atoms with van der Waals surface area (Å²) in [5, 5.41) is 2.30. The van der Waals surface area contributed by atoms with E-state index in [9.17, 15) is 0 Å². The summed E-state index contributed by atoms with van der Waals surface area (Å²) in [7, 11) is 0. The Morgan fingerprint density at radius 1 is 1.16 bits per heavy atom. The highest BCUT2D eigenvalue weighted by Crippen LogP contribution is 2.32. The van der Waals surface area contributed by atoms with Gasteiger partial charge in [0, 0.05) is 5.39 Å². The molecule has 0 radical (unpaired) electrons. The second-order valence-corrected chi connectivity index (χ2v) is 5.13. The Morgan fingerprint density at radius 2 is 1.89 bits per heavy atom. The van der Waals surface area contributed by atoms with Crippen molar-refractivity contribution >= 4 is 38.3 Å². The number of rotatable bonds is 2. The van der Waals surface area contributed by atoms with E-state index in [-0.39, 0.29) is 0 Å². The first kappa shape index (κ1) is 13.7. The summed E-state index contributed by atoms with van der Waals surface area (Å²) >= 11 is 1.73. The summed E-state index contributed by atoms with van der Waals surface area (Å²) < 4.78 is 1.16. The third-order valence-electron chi connectivity index (χ3n) is 2.77. The van der Waals surface area contributed by atoms with Crippen LogP contribution in [0.2, 0.25) is 0 Å². The van der Waals surface area contributed by atoms with Crippen LogP contribution in [0.3, 0.4) is 0 Å². The van der Waals surface area contributed by atoms with Gasteiger partial charge in [0.05, 0.1) is 15.2 Å². The third kappa shape index (κ3) is 2.54. The molecular weight excluding hydrogens is 254 g/mol. The number of pyridine rings is 1. The molecule has 19 heavy (non-hydrogen) atoms. The lowest BCUT2D eigenvalue weighted by Crippen LogP contribution is -1.92. The van der Waals surface area contributed by atoms with E-state index in [1.807, 2.05) is 32.0 Å². The minimum atomic E-state index is 0.539. The van der Waals surface area contributed by atoms with Gasteiger partial charge in [-0.05, 0) is 18.9 Å². The molecule has 0 aliphatic carbocycles. The van der Waals surface area contributed by atoms with E-state index in [0.717, 1.165) is 39.0 Å². The molecule has 2 heterocycles. The first-order valence-electron chi connectivity index (χ1n) is 6.73. The normalized spacial score (nSPS) is 10.5. The fourth-order valence-electron chi connectivity index (χ4n) is 1.99. The first-order chi connectivity index (χ1) is 9.29. The Hall–Kier alpha value is -1.68. The molecule has 0 spiro atoms. The fourth-order valence-corrected chi connectivity index (χ4v) is 3.20. The van der Waals surface area contributed by atoms with Crippen molar-refractivity contribution in [3.05, 3.63) is 29.3 Å². The number of nitrogens with zero attached hydrogens (tertiary/aromatic N) is 2. The van der Waals surface area contributed by atoms with E-state index in [0.29, 0.717) is 5.82 Å². The number of aryl methyl sites for hydroxylation is 1. The number of para-hydroxylation sites is 1. The maximum Gasteiger partial charge on any atom is 0.151 e. The quantitative estimate of drug-likeness (QED) is 0.752. The van der Waals surface area contributed by atoms with Crippen molar-refractivity contribution in [1.29, 1.82) is 0 Å². The van der Waals surface area contributed by atoms with Gasteiger partial charge in [0.2, 0.25) is 0 Å². The maximum absolute atomic E-state index is 5.96. The Kier molecular flexibility index (Phi) is 4.32. The predicted octanol–water partition coefficient (Wildman–Crippen LogP) is 4.41. The molecule has 0 saturated heterocycles. The van der Waals surface area contributed by atoms with Gasteiger partial charge in [0.25, 0.3) is 0 Å². The summed E-state index contributed by atoms with van der Waals surface area (Å²) in [6, 6.07) is 8.08. The molecule has 4 heteroatoms. The summed E-state index contributed by atoms with van der Waals surface area (Å²) in [6.07, 6.45) is 2.11. The Morgan fingerprint density at radius 3 is 2.63 bits per heavy atom. The van der Waals surface area contributed by atoms with Crippen LogP contribution in [0.25, 0.3) is 21.1 Å². The van der Waals surface area contributed by atoms with Crippen molar-refractivity contribution in [3.63, 3.8) is 0 Å². The van der Waals surface area contributed by atoms with E-state index in [2.05, 4.69) is 23.0 Å². The highest BCUT2D eigenvalue weighted by molar-refractivity contribution is 7.19. The lowest BCUT2D eigenvalue weighted by molar-refractivity contribution is 0.913. The minimum Gasteiger partial charge on any atom is -0.382 e. The molecule has 3 nitrogen and oxygen atoms in total. The van der Waals surface area contributed by atoms with Crippen LogP contribution in [-0.4, -0.2) is 9.97 Å². The van der Waals surface area contributed by atoms with Gasteiger partial charge in [-0.2, -0.15) is 0 Å². The maximum atomic E-state index is 5.96. The molecule has 0 saturated carbocycles. The molecular formula is C15H19N3S. The van der Waals surface area contributed by atoms with Crippen LogP contribution in [0.15, 0.2) is 24.3 Å². The van der Waals surface area contributed by atoms with Crippen molar-refractivity contribution in [1.82, 2.24) is 9.97 Å². The van der Waals surface area contributed by atoms with Gasteiger partial charge in [-0.3, -0.25) is 0 Å². The molecule has 3 rings (SSSR count). The second kappa shape index (κ2) is 5.97. The monoisotopic (exact) mass is 273 g/mol. The molecule has 2 N–H and O–H groups in total. The molecule has 0 unspecified atom stereocenters. The van der Waals surface area contributed by atoms with Crippen LogP contribution >= 0.6 is 11.3 Å². The number of hydrogen-bond donors (Lipinski definition) is 1. The van der Waals surface area contributed by atoms with Crippen molar-refractivity contribution < 1.29 is 0 Å². The van der Waals surface area contributed by atoms with Gasteiger partial charge >= 0.3 is 0 Å². The number of fused-ring (bicyclic) bond motifs is 3. The number of aromatic nitrogens is 2. The number of anilines is 1. The highest BCUT2D eigenvalue weighted by Gasteiger charge is 2.11. The van der Waals surface area contributed by atoms with E-state index in [1.165, 1.54) is 0 Å². The fraction of sp³-hybridized carbons (Fsp3) is 0.333. The third-order valence-corrected chi connectivity index (χ3v) is 3.92. The molecule has 0 aliphatic heterocycles. The molecule has 0 fully saturated rings. The molecule has 0 atom stereocenters. The van der Waals surface area contributed by atoms with Gasteiger partial charge in [-0.15, -0.1) is 11.3 Å². The minimum absolute atomic E-state index is 0.539. The summed E-state index contributed by atoms with van der Waals surface area (Å²) in [6.45, 7) is 6.16. The summed E-state index contributed by atoms with van der Waals surface area (Å²) in [4.78, 5) is 8.98. The Labute approximate surface area is 117 Å². The van der Waals surface area contributed by atoms with Crippen LogP contribution < -0.4 is 5.73 Å². The molecule has 0 aliphatic rings. The van der Waals surface area contributed by atoms with Crippen molar-refractivity contribution in [2.45, 2.75) is 33.6 Å². The summed E-state index contributed by atoms with van der Waals surface area (Å²) in [5.74, 6) is 0.539. The van der Waals surface area contributed by atoms with Gasteiger partial charge in [0.1, 0.15) is 5.52 Å². The first-order valence-corrected chi connectivity index (χ1v) is 7.55. The molecule has 0 amide bonds. The van der Waals surface area contributed by atoms with E-state index >= 15 is 0 Å². The average molecular weight is 273 g/mol. The van der Waals surface area contributed by atoms with Gasteiger partial charge in [-0.25, -0.2) is 9.97 Å². The van der Waals surface area contributed by atoms with Crippen molar-refractivity contribution in [3.8, 4) is 0 Å². The van der Waals surface area contributed by atoms with Gasteiger partial charge < -0.3 is 5.73 Å². The number of hydrogen-bond acceptors (Lipinski definition) is 4. The van der Waals surface area contributed by atoms with Gasteiger partial charge in [-0.1, -0.05) is 39.0 Å². The Balaban J connectivity index is 0.000000637. The highest BCUT2D eigenvalue weighted by atomic mass is 32.1. The smallest absolute Gasteiger partial charge is 0.151 e. The van der Waals surface area contributed by atoms with E-state index < -0.39 is 0 Å². The molecule has 1 aromatic carbocycles. The summed E-state index contributed by atoms with van der Waals surface area (Å²) in [5.41, 5.74) is 7.77. The Bertz CT molecular complexity index is 688. The van der Waals surface area contributed by atoms with E-state index in [4.69, 9.17) is 5.73 Å². The largest absolute Gasteiger partial charge is 0.382 e.